The van der Waals surface area contributed by atoms with Gasteiger partial charge >= 0.3 is 0 Å². The molecule has 0 amide bonds. The van der Waals surface area contributed by atoms with Crippen molar-refractivity contribution in [1.82, 2.24) is 5.32 Å². The van der Waals surface area contributed by atoms with Gasteiger partial charge in [0.1, 0.15) is 5.75 Å². The van der Waals surface area contributed by atoms with Crippen LogP contribution in [0, 0.1) is 0 Å². The van der Waals surface area contributed by atoms with Gasteiger partial charge in [0.25, 0.3) is 0 Å². The Bertz CT molecular complexity index is 353. The molecule has 0 radical (unpaired) electrons. The van der Waals surface area contributed by atoms with Crippen molar-refractivity contribution in [3.63, 3.8) is 0 Å². The molecule has 2 unspecified atom stereocenters. The zero-order chi connectivity index (χ0) is 14.1. The van der Waals surface area contributed by atoms with E-state index in [9.17, 15) is 5.11 Å². The highest BCUT2D eigenvalue weighted by Gasteiger charge is 2.12. The molecule has 0 bridgehead atoms. The maximum Gasteiger partial charge on any atom is 0.119 e. The predicted molar refractivity (Wildman–Crippen MR) is 73.3 cm³/mol. The van der Waals surface area contributed by atoms with E-state index in [1.54, 1.807) is 14.2 Å². The van der Waals surface area contributed by atoms with Crippen molar-refractivity contribution in [1.29, 1.82) is 0 Å². The largest absolute Gasteiger partial charge is 0.497 e. The van der Waals surface area contributed by atoms with E-state index in [1.165, 1.54) is 0 Å². The van der Waals surface area contributed by atoms with Crippen LogP contribution in [0.3, 0.4) is 0 Å². The summed E-state index contributed by atoms with van der Waals surface area (Å²) in [6.07, 6.45) is -0.0216. The Balaban J connectivity index is 2.50. The molecule has 0 spiro atoms. The zero-order valence-electron chi connectivity index (χ0n) is 11.5. The lowest BCUT2D eigenvalue weighted by Gasteiger charge is -2.19. The van der Waals surface area contributed by atoms with Crippen LogP contribution < -0.4 is 10.1 Å². The molecule has 0 saturated carbocycles. The van der Waals surface area contributed by atoms with Gasteiger partial charge in [-0.1, -0.05) is 12.1 Å². The number of methoxy groups -OCH3 is 2. The van der Waals surface area contributed by atoms with E-state index in [-0.39, 0.29) is 12.6 Å². The van der Waals surface area contributed by atoms with E-state index < -0.39 is 6.10 Å². The van der Waals surface area contributed by atoms with Gasteiger partial charge in [-0.3, -0.25) is 0 Å². The number of aliphatic hydroxyl groups is 2. The maximum absolute atomic E-state index is 10.1. The van der Waals surface area contributed by atoms with E-state index in [2.05, 4.69) is 5.32 Å². The molecule has 0 saturated heterocycles. The van der Waals surface area contributed by atoms with E-state index in [1.807, 2.05) is 24.3 Å². The maximum atomic E-state index is 10.1. The zero-order valence-corrected chi connectivity index (χ0v) is 11.5. The van der Waals surface area contributed by atoms with E-state index in [4.69, 9.17) is 14.6 Å². The molecular formula is C14H23NO4. The number of benzene rings is 1. The molecule has 19 heavy (non-hydrogen) atoms. The van der Waals surface area contributed by atoms with Crippen molar-refractivity contribution in [3.8, 4) is 5.75 Å². The standard InChI is InChI=1S/C14H23NO4/c1-18-10-12(6-7-16)15-9-14(17)11-4-3-5-13(8-11)19-2/h3-5,8,12,14-17H,6-7,9-10H2,1-2H3. The lowest BCUT2D eigenvalue weighted by atomic mass is 10.1. The van der Waals surface area contributed by atoms with Crippen LogP contribution in [0.5, 0.6) is 5.75 Å². The molecule has 1 aromatic carbocycles. The molecular weight excluding hydrogens is 246 g/mol. The topological polar surface area (TPSA) is 71.0 Å². The van der Waals surface area contributed by atoms with Crippen LogP contribution in [-0.4, -0.2) is 50.2 Å². The molecule has 0 aromatic heterocycles. The number of hydrogen-bond acceptors (Lipinski definition) is 5. The van der Waals surface area contributed by atoms with E-state index in [0.29, 0.717) is 19.6 Å². The monoisotopic (exact) mass is 269 g/mol. The molecule has 0 aliphatic rings. The van der Waals surface area contributed by atoms with Gasteiger partial charge < -0.3 is 25.0 Å². The van der Waals surface area contributed by atoms with Gasteiger partial charge in [0.05, 0.1) is 19.8 Å². The van der Waals surface area contributed by atoms with Crippen molar-refractivity contribution in [2.24, 2.45) is 0 Å². The fourth-order valence-corrected chi connectivity index (χ4v) is 1.85. The first kappa shape index (κ1) is 15.9. The van der Waals surface area contributed by atoms with Crippen LogP contribution in [0.4, 0.5) is 0 Å². The highest BCUT2D eigenvalue weighted by Crippen LogP contribution is 2.18. The predicted octanol–water partition coefficient (Wildman–Crippen LogP) is 0.716. The van der Waals surface area contributed by atoms with Crippen molar-refractivity contribution >= 4 is 0 Å². The third-order valence-electron chi connectivity index (χ3n) is 2.92. The molecule has 1 rings (SSSR count). The third kappa shape index (κ3) is 5.57. The summed E-state index contributed by atoms with van der Waals surface area (Å²) >= 11 is 0. The molecule has 5 heteroatoms. The normalized spacial score (nSPS) is 14.1. The number of nitrogens with one attached hydrogen (secondary N) is 1. The molecule has 0 fully saturated rings. The summed E-state index contributed by atoms with van der Waals surface area (Å²) in [5.41, 5.74) is 0.798. The minimum Gasteiger partial charge on any atom is -0.497 e. The van der Waals surface area contributed by atoms with Crippen LogP contribution in [0.2, 0.25) is 0 Å². The van der Waals surface area contributed by atoms with Gasteiger partial charge in [-0.15, -0.1) is 0 Å². The summed E-state index contributed by atoms with van der Waals surface area (Å²) in [6.45, 7) is 1.00. The van der Waals surface area contributed by atoms with Crippen LogP contribution in [0.15, 0.2) is 24.3 Å². The highest BCUT2D eigenvalue weighted by atomic mass is 16.5. The first-order valence-corrected chi connectivity index (χ1v) is 6.36. The SMILES string of the molecule is COCC(CCO)NCC(O)c1cccc(OC)c1. The van der Waals surface area contributed by atoms with Gasteiger partial charge in [0, 0.05) is 26.3 Å². The molecule has 1 aromatic rings. The van der Waals surface area contributed by atoms with Gasteiger partial charge in [-0.2, -0.15) is 0 Å². The molecule has 0 heterocycles. The second-order valence-electron chi connectivity index (χ2n) is 4.37. The molecule has 3 N–H and O–H groups in total. The van der Waals surface area contributed by atoms with Crippen molar-refractivity contribution in [2.75, 3.05) is 34.0 Å². The molecule has 108 valence electrons. The van der Waals surface area contributed by atoms with Crippen LogP contribution in [0.25, 0.3) is 0 Å². The van der Waals surface area contributed by atoms with Crippen molar-refractivity contribution in [2.45, 2.75) is 18.6 Å². The van der Waals surface area contributed by atoms with Crippen LogP contribution in [-0.2, 0) is 4.74 Å². The third-order valence-corrected chi connectivity index (χ3v) is 2.92. The lowest BCUT2D eigenvalue weighted by Crippen LogP contribution is -2.36. The summed E-state index contributed by atoms with van der Waals surface area (Å²) in [5, 5.41) is 22.2. The molecule has 0 aliphatic carbocycles. The summed E-state index contributed by atoms with van der Waals surface area (Å²) in [6, 6.07) is 7.38. The number of aliphatic hydroxyl groups excluding tert-OH is 2. The average molecular weight is 269 g/mol. The Morgan fingerprint density at radius 2 is 2.11 bits per heavy atom. The fraction of sp³-hybridized carbons (Fsp3) is 0.571. The second kappa shape index (κ2) is 8.87. The Labute approximate surface area is 114 Å². The lowest BCUT2D eigenvalue weighted by molar-refractivity contribution is 0.126. The second-order valence-corrected chi connectivity index (χ2v) is 4.37. The Hall–Kier alpha value is -1.14. The minimum atomic E-state index is -0.617. The smallest absolute Gasteiger partial charge is 0.119 e. The van der Waals surface area contributed by atoms with Gasteiger partial charge in [-0.05, 0) is 24.1 Å². The van der Waals surface area contributed by atoms with Gasteiger partial charge in [0.2, 0.25) is 0 Å². The average Bonchev–Trinajstić information content (AvgIpc) is 2.45. The van der Waals surface area contributed by atoms with Crippen molar-refractivity contribution in [3.05, 3.63) is 29.8 Å². The summed E-state index contributed by atoms with van der Waals surface area (Å²) in [4.78, 5) is 0. The summed E-state index contributed by atoms with van der Waals surface area (Å²) < 4.78 is 10.2. The van der Waals surface area contributed by atoms with Crippen LogP contribution in [0.1, 0.15) is 18.1 Å². The molecule has 0 aliphatic heterocycles. The van der Waals surface area contributed by atoms with Crippen molar-refractivity contribution < 1.29 is 19.7 Å². The Morgan fingerprint density at radius 1 is 1.32 bits per heavy atom. The van der Waals surface area contributed by atoms with Gasteiger partial charge in [0.15, 0.2) is 0 Å². The summed E-state index contributed by atoms with van der Waals surface area (Å²) in [7, 11) is 3.21. The fourth-order valence-electron chi connectivity index (χ4n) is 1.85. The Kier molecular flexibility index (Phi) is 7.43. The van der Waals surface area contributed by atoms with E-state index in [0.717, 1.165) is 11.3 Å². The van der Waals surface area contributed by atoms with E-state index >= 15 is 0 Å². The number of ether oxygens (including phenoxy) is 2. The quantitative estimate of drug-likeness (QED) is 0.616. The number of hydrogen-bond donors (Lipinski definition) is 3. The summed E-state index contributed by atoms with van der Waals surface area (Å²) in [5.74, 6) is 0.723. The first-order valence-electron chi connectivity index (χ1n) is 6.36. The van der Waals surface area contributed by atoms with Crippen LogP contribution >= 0.6 is 0 Å². The molecule has 5 nitrogen and oxygen atoms in total. The van der Waals surface area contributed by atoms with Gasteiger partial charge in [-0.25, -0.2) is 0 Å². The minimum absolute atomic E-state index is 0.0373. The Morgan fingerprint density at radius 3 is 2.74 bits per heavy atom. The molecule has 2 atom stereocenters. The highest BCUT2D eigenvalue weighted by molar-refractivity contribution is 5.29. The first-order chi connectivity index (χ1) is 9.21. The number of rotatable bonds is 9.